The molecule has 1 aromatic carbocycles. The van der Waals surface area contributed by atoms with E-state index in [0.29, 0.717) is 29.4 Å². The molecule has 1 aromatic heterocycles. The number of methoxy groups -OCH3 is 1. The highest BCUT2D eigenvalue weighted by molar-refractivity contribution is 6.33. The summed E-state index contributed by atoms with van der Waals surface area (Å²) in [5.41, 5.74) is 0.929. The first-order valence-electron chi connectivity index (χ1n) is 6.09. The number of hydrogen-bond acceptors (Lipinski definition) is 3. The second kappa shape index (κ2) is 6.63. The normalized spacial score (nSPS) is 10.8. The van der Waals surface area contributed by atoms with Crippen LogP contribution >= 0.6 is 11.6 Å². The SMILES string of the molecule is COCCn1ncc(Cl)c1C(=O)Cc1cccc(F)c1. The molecule has 0 bridgehead atoms. The number of halogens is 2. The van der Waals surface area contributed by atoms with Crippen LogP contribution in [0.1, 0.15) is 16.1 Å². The number of nitrogens with zero attached hydrogens (tertiary/aromatic N) is 2. The fraction of sp³-hybridized carbons (Fsp3) is 0.286. The zero-order valence-corrected chi connectivity index (χ0v) is 11.7. The second-order valence-corrected chi connectivity index (χ2v) is 4.69. The number of rotatable bonds is 6. The lowest BCUT2D eigenvalue weighted by atomic mass is 10.1. The lowest BCUT2D eigenvalue weighted by molar-refractivity contribution is 0.0979. The van der Waals surface area contributed by atoms with Gasteiger partial charge < -0.3 is 4.74 Å². The van der Waals surface area contributed by atoms with Gasteiger partial charge >= 0.3 is 0 Å². The standard InChI is InChI=1S/C14H14ClFN2O2/c1-20-6-5-18-14(12(15)9-17-18)13(19)8-10-3-2-4-11(16)7-10/h2-4,7,9H,5-6,8H2,1H3. The molecule has 0 atom stereocenters. The van der Waals surface area contributed by atoms with E-state index in [9.17, 15) is 9.18 Å². The Bertz CT molecular complexity index is 613. The quantitative estimate of drug-likeness (QED) is 0.770. The van der Waals surface area contributed by atoms with Crippen molar-refractivity contribution in [2.24, 2.45) is 0 Å². The first-order chi connectivity index (χ1) is 9.61. The topological polar surface area (TPSA) is 44.1 Å². The van der Waals surface area contributed by atoms with Crippen molar-refractivity contribution in [3.05, 3.63) is 52.6 Å². The minimum absolute atomic E-state index is 0.0795. The molecule has 1 heterocycles. The smallest absolute Gasteiger partial charge is 0.186 e. The highest BCUT2D eigenvalue weighted by Gasteiger charge is 2.17. The summed E-state index contributed by atoms with van der Waals surface area (Å²) in [4.78, 5) is 12.3. The van der Waals surface area contributed by atoms with Crippen LogP contribution < -0.4 is 0 Å². The van der Waals surface area contributed by atoms with Gasteiger partial charge in [0.1, 0.15) is 11.5 Å². The van der Waals surface area contributed by atoms with Gasteiger partial charge in [-0.3, -0.25) is 9.48 Å². The maximum Gasteiger partial charge on any atom is 0.186 e. The molecular weight excluding hydrogens is 283 g/mol. The van der Waals surface area contributed by atoms with Crippen molar-refractivity contribution in [2.45, 2.75) is 13.0 Å². The largest absolute Gasteiger partial charge is 0.383 e. The van der Waals surface area contributed by atoms with Gasteiger partial charge in [0.25, 0.3) is 0 Å². The van der Waals surface area contributed by atoms with Gasteiger partial charge in [0.2, 0.25) is 0 Å². The summed E-state index contributed by atoms with van der Waals surface area (Å²) < 4.78 is 19.6. The molecule has 2 rings (SSSR count). The molecule has 0 radical (unpaired) electrons. The van der Waals surface area contributed by atoms with Gasteiger partial charge in [-0.25, -0.2) is 4.39 Å². The Labute approximate surface area is 121 Å². The first kappa shape index (κ1) is 14.7. The van der Waals surface area contributed by atoms with Crippen LogP contribution in [-0.4, -0.2) is 29.3 Å². The summed E-state index contributed by atoms with van der Waals surface area (Å²) in [6, 6.07) is 5.94. The van der Waals surface area contributed by atoms with E-state index in [1.165, 1.54) is 23.0 Å². The van der Waals surface area contributed by atoms with Crippen LogP contribution in [-0.2, 0) is 17.7 Å². The minimum atomic E-state index is -0.366. The summed E-state index contributed by atoms with van der Waals surface area (Å²) in [5.74, 6) is -0.566. The molecule has 20 heavy (non-hydrogen) atoms. The maximum atomic E-state index is 13.1. The van der Waals surface area contributed by atoms with E-state index in [1.807, 2.05) is 0 Å². The Morgan fingerprint density at radius 1 is 1.50 bits per heavy atom. The van der Waals surface area contributed by atoms with E-state index in [1.54, 1.807) is 19.2 Å². The van der Waals surface area contributed by atoms with Crippen molar-refractivity contribution in [1.82, 2.24) is 9.78 Å². The summed E-state index contributed by atoms with van der Waals surface area (Å²) >= 11 is 6.00. The number of carbonyl (C=O) groups is 1. The Hall–Kier alpha value is -1.72. The highest BCUT2D eigenvalue weighted by Crippen LogP contribution is 2.18. The Morgan fingerprint density at radius 2 is 2.30 bits per heavy atom. The zero-order valence-electron chi connectivity index (χ0n) is 11.0. The zero-order chi connectivity index (χ0) is 14.5. The molecule has 6 heteroatoms. The highest BCUT2D eigenvalue weighted by atomic mass is 35.5. The van der Waals surface area contributed by atoms with Crippen molar-refractivity contribution in [3.63, 3.8) is 0 Å². The van der Waals surface area contributed by atoms with Gasteiger partial charge in [-0.2, -0.15) is 5.10 Å². The number of ketones is 1. The summed E-state index contributed by atoms with van der Waals surface area (Å²) in [6.45, 7) is 0.867. The third-order valence-corrected chi connectivity index (χ3v) is 3.10. The van der Waals surface area contributed by atoms with Gasteiger partial charge in [-0.15, -0.1) is 0 Å². The molecule has 0 aliphatic carbocycles. The molecular formula is C14H14ClFN2O2. The molecule has 0 aliphatic heterocycles. The number of carbonyl (C=O) groups excluding carboxylic acids is 1. The third-order valence-electron chi connectivity index (χ3n) is 2.82. The molecule has 0 saturated heterocycles. The van der Waals surface area contributed by atoms with E-state index >= 15 is 0 Å². The second-order valence-electron chi connectivity index (χ2n) is 4.29. The van der Waals surface area contributed by atoms with Crippen LogP contribution in [0.15, 0.2) is 30.5 Å². The van der Waals surface area contributed by atoms with Crippen molar-refractivity contribution < 1.29 is 13.9 Å². The van der Waals surface area contributed by atoms with E-state index in [2.05, 4.69) is 5.10 Å². The van der Waals surface area contributed by atoms with Crippen LogP contribution in [0.4, 0.5) is 4.39 Å². The predicted octanol–water partition coefficient (Wildman–Crippen LogP) is 2.75. The van der Waals surface area contributed by atoms with Gasteiger partial charge in [-0.1, -0.05) is 23.7 Å². The van der Waals surface area contributed by atoms with Crippen LogP contribution in [0.25, 0.3) is 0 Å². The monoisotopic (exact) mass is 296 g/mol. The van der Waals surface area contributed by atoms with Gasteiger partial charge in [0.15, 0.2) is 5.78 Å². The number of hydrogen-bond donors (Lipinski definition) is 0. The number of benzene rings is 1. The average Bonchev–Trinajstić information content (AvgIpc) is 2.77. The molecule has 0 amide bonds. The molecule has 0 fully saturated rings. The van der Waals surface area contributed by atoms with Gasteiger partial charge in [-0.05, 0) is 17.7 Å². The van der Waals surface area contributed by atoms with Gasteiger partial charge in [0, 0.05) is 13.5 Å². The summed E-state index contributed by atoms with van der Waals surface area (Å²) in [7, 11) is 1.57. The van der Waals surface area contributed by atoms with Crippen LogP contribution in [0, 0.1) is 5.82 Å². The molecule has 0 saturated carbocycles. The average molecular weight is 297 g/mol. The number of ether oxygens (including phenoxy) is 1. The Balaban J connectivity index is 2.18. The first-order valence-corrected chi connectivity index (χ1v) is 6.47. The summed E-state index contributed by atoms with van der Waals surface area (Å²) in [5, 5.41) is 4.34. The lowest BCUT2D eigenvalue weighted by Gasteiger charge is -2.07. The van der Waals surface area contributed by atoms with E-state index < -0.39 is 0 Å². The van der Waals surface area contributed by atoms with Crippen LogP contribution in [0.5, 0.6) is 0 Å². The van der Waals surface area contributed by atoms with Crippen LogP contribution in [0.3, 0.4) is 0 Å². The molecule has 0 spiro atoms. The lowest BCUT2D eigenvalue weighted by Crippen LogP contribution is -2.15. The van der Waals surface area contributed by atoms with Crippen molar-refractivity contribution >= 4 is 17.4 Å². The predicted molar refractivity (Wildman–Crippen MR) is 73.5 cm³/mol. The van der Waals surface area contributed by atoms with E-state index in [-0.39, 0.29) is 18.0 Å². The Kier molecular flexibility index (Phi) is 4.87. The third kappa shape index (κ3) is 3.43. The molecule has 4 nitrogen and oxygen atoms in total. The fourth-order valence-electron chi connectivity index (χ4n) is 1.90. The number of aromatic nitrogens is 2. The molecule has 0 unspecified atom stereocenters. The van der Waals surface area contributed by atoms with Crippen molar-refractivity contribution in [3.8, 4) is 0 Å². The Morgan fingerprint density at radius 3 is 3.00 bits per heavy atom. The summed E-state index contributed by atoms with van der Waals surface area (Å²) in [6.07, 6.45) is 1.51. The van der Waals surface area contributed by atoms with E-state index in [4.69, 9.17) is 16.3 Å². The fourth-order valence-corrected chi connectivity index (χ4v) is 2.15. The van der Waals surface area contributed by atoms with Gasteiger partial charge in [0.05, 0.1) is 24.4 Å². The molecule has 2 aromatic rings. The molecule has 0 N–H and O–H groups in total. The number of Topliss-reactive ketones (excluding diaryl/α,β-unsaturated/α-hetero) is 1. The maximum absolute atomic E-state index is 13.1. The van der Waals surface area contributed by atoms with Crippen LogP contribution in [0.2, 0.25) is 5.02 Å². The molecule has 106 valence electrons. The van der Waals surface area contributed by atoms with Crippen molar-refractivity contribution in [1.29, 1.82) is 0 Å². The minimum Gasteiger partial charge on any atom is -0.383 e. The van der Waals surface area contributed by atoms with Crippen molar-refractivity contribution in [2.75, 3.05) is 13.7 Å². The van der Waals surface area contributed by atoms with E-state index in [0.717, 1.165) is 0 Å². The molecule has 0 aliphatic rings.